The fourth-order valence-corrected chi connectivity index (χ4v) is 2.03. The van der Waals surface area contributed by atoms with Gasteiger partial charge in [0.2, 0.25) is 5.91 Å². The summed E-state index contributed by atoms with van der Waals surface area (Å²) >= 11 is 2.23. The van der Waals surface area contributed by atoms with Gasteiger partial charge >= 0.3 is 0 Å². The van der Waals surface area contributed by atoms with E-state index in [4.69, 9.17) is 0 Å². The van der Waals surface area contributed by atoms with Crippen LogP contribution in [0.2, 0.25) is 0 Å². The average molecular weight is 338 g/mol. The molecule has 1 aromatic carbocycles. The first kappa shape index (κ1) is 12.0. The van der Waals surface area contributed by atoms with Gasteiger partial charge in [0.15, 0.2) is 0 Å². The Balaban J connectivity index is 2.01. The Morgan fingerprint density at radius 1 is 1.18 bits per heavy atom. The molecular weight excluding hydrogens is 327 g/mol. The first-order valence-corrected chi connectivity index (χ1v) is 6.27. The number of benzene rings is 1. The average Bonchev–Trinajstić information content (AvgIpc) is 2.33. The molecule has 0 radical (unpaired) electrons. The van der Waals surface area contributed by atoms with E-state index >= 15 is 0 Å². The number of carbonyl (C=O) groups excluding carboxylic acids is 1. The second-order valence-electron chi connectivity index (χ2n) is 3.55. The standard InChI is InChI=1S/C13H11IN2O/c14-12-4-2-1-3-10(12)9-13(17)16-11-5-7-15-8-6-11/h1-8H,9H2,(H,15,16,17). The van der Waals surface area contributed by atoms with Crippen molar-refractivity contribution in [2.45, 2.75) is 6.42 Å². The predicted octanol–water partition coefficient (Wildman–Crippen LogP) is 2.87. The van der Waals surface area contributed by atoms with E-state index < -0.39 is 0 Å². The smallest absolute Gasteiger partial charge is 0.228 e. The van der Waals surface area contributed by atoms with Crippen molar-refractivity contribution in [1.82, 2.24) is 4.98 Å². The molecule has 1 aromatic heterocycles. The maximum Gasteiger partial charge on any atom is 0.228 e. The Labute approximate surface area is 113 Å². The molecular formula is C13H11IN2O. The van der Waals surface area contributed by atoms with Gasteiger partial charge in [0.1, 0.15) is 0 Å². The lowest BCUT2D eigenvalue weighted by Gasteiger charge is -2.06. The SMILES string of the molecule is O=C(Cc1ccccc1I)Nc1ccncc1. The molecule has 0 unspecified atom stereocenters. The van der Waals surface area contributed by atoms with Crippen LogP contribution in [-0.2, 0) is 11.2 Å². The van der Waals surface area contributed by atoms with Gasteiger partial charge in [-0.25, -0.2) is 0 Å². The summed E-state index contributed by atoms with van der Waals surface area (Å²) in [4.78, 5) is 15.7. The van der Waals surface area contributed by atoms with Gasteiger partial charge in [-0.1, -0.05) is 18.2 Å². The Kier molecular flexibility index (Phi) is 4.08. The van der Waals surface area contributed by atoms with Crippen molar-refractivity contribution < 1.29 is 4.79 Å². The second kappa shape index (κ2) is 5.77. The lowest BCUT2D eigenvalue weighted by molar-refractivity contribution is -0.115. The lowest BCUT2D eigenvalue weighted by Crippen LogP contribution is -2.14. The highest BCUT2D eigenvalue weighted by molar-refractivity contribution is 14.1. The van der Waals surface area contributed by atoms with E-state index in [9.17, 15) is 4.79 Å². The Morgan fingerprint density at radius 2 is 1.88 bits per heavy atom. The van der Waals surface area contributed by atoms with Crippen molar-refractivity contribution in [3.05, 3.63) is 57.9 Å². The molecule has 2 rings (SSSR count). The van der Waals surface area contributed by atoms with E-state index in [0.29, 0.717) is 6.42 Å². The minimum atomic E-state index is -0.0136. The van der Waals surface area contributed by atoms with Crippen LogP contribution in [0.1, 0.15) is 5.56 Å². The van der Waals surface area contributed by atoms with Gasteiger partial charge in [0, 0.05) is 21.7 Å². The number of hydrogen-bond donors (Lipinski definition) is 1. The third kappa shape index (κ3) is 3.52. The lowest BCUT2D eigenvalue weighted by atomic mass is 10.1. The molecule has 86 valence electrons. The zero-order valence-electron chi connectivity index (χ0n) is 9.06. The Hall–Kier alpha value is -1.43. The first-order valence-electron chi connectivity index (χ1n) is 5.19. The molecule has 1 amide bonds. The number of amides is 1. The highest BCUT2D eigenvalue weighted by atomic mass is 127. The number of rotatable bonds is 3. The minimum absolute atomic E-state index is 0.0136. The third-order valence-electron chi connectivity index (χ3n) is 2.27. The number of anilines is 1. The van der Waals surface area contributed by atoms with Crippen molar-refractivity contribution in [2.75, 3.05) is 5.32 Å². The largest absolute Gasteiger partial charge is 0.326 e. The van der Waals surface area contributed by atoms with Gasteiger partial charge < -0.3 is 5.32 Å². The van der Waals surface area contributed by atoms with Crippen LogP contribution in [0.25, 0.3) is 0 Å². The van der Waals surface area contributed by atoms with Gasteiger partial charge in [-0.15, -0.1) is 0 Å². The molecule has 0 bridgehead atoms. The number of aromatic nitrogens is 1. The van der Waals surface area contributed by atoms with Crippen molar-refractivity contribution in [1.29, 1.82) is 0 Å². The molecule has 0 fully saturated rings. The van der Waals surface area contributed by atoms with E-state index in [-0.39, 0.29) is 5.91 Å². The predicted molar refractivity (Wildman–Crippen MR) is 75.7 cm³/mol. The van der Waals surface area contributed by atoms with Crippen LogP contribution in [0.4, 0.5) is 5.69 Å². The summed E-state index contributed by atoms with van der Waals surface area (Å²) in [5.74, 6) is -0.0136. The molecule has 4 heteroatoms. The van der Waals surface area contributed by atoms with Crippen LogP contribution in [-0.4, -0.2) is 10.9 Å². The summed E-state index contributed by atoms with van der Waals surface area (Å²) in [6, 6.07) is 11.4. The maximum absolute atomic E-state index is 11.8. The number of carbonyl (C=O) groups is 1. The summed E-state index contributed by atoms with van der Waals surface area (Å²) in [5.41, 5.74) is 1.82. The molecule has 17 heavy (non-hydrogen) atoms. The van der Waals surface area contributed by atoms with Crippen molar-refractivity contribution in [3.8, 4) is 0 Å². The molecule has 0 saturated carbocycles. The van der Waals surface area contributed by atoms with Crippen molar-refractivity contribution in [3.63, 3.8) is 0 Å². The molecule has 0 aliphatic rings. The molecule has 0 atom stereocenters. The van der Waals surface area contributed by atoms with Crippen LogP contribution in [0, 0.1) is 3.57 Å². The molecule has 2 aromatic rings. The maximum atomic E-state index is 11.8. The zero-order valence-corrected chi connectivity index (χ0v) is 11.2. The normalized spacial score (nSPS) is 9.94. The van der Waals surface area contributed by atoms with Crippen molar-refractivity contribution in [2.24, 2.45) is 0 Å². The molecule has 1 N–H and O–H groups in total. The fourth-order valence-electron chi connectivity index (χ4n) is 1.46. The summed E-state index contributed by atoms with van der Waals surface area (Å²) in [6.07, 6.45) is 3.70. The van der Waals surface area contributed by atoms with Crippen LogP contribution < -0.4 is 5.32 Å². The van der Waals surface area contributed by atoms with E-state index in [1.807, 2.05) is 24.3 Å². The van der Waals surface area contributed by atoms with E-state index in [2.05, 4.69) is 32.9 Å². The molecule has 0 aliphatic carbocycles. The number of halogens is 1. The highest BCUT2D eigenvalue weighted by Gasteiger charge is 2.06. The van der Waals surface area contributed by atoms with Crippen molar-refractivity contribution >= 4 is 34.2 Å². The summed E-state index contributed by atoms with van der Waals surface area (Å²) < 4.78 is 1.11. The molecule has 0 aliphatic heterocycles. The van der Waals surface area contributed by atoms with Gasteiger partial charge in [0.05, 0.1) is 6.42 Å². The Bertz CT molecular complexity index is 514. The molecule has 0 spiro atoms. The fraction of sp³-hybridized carbons (Fsp3) is 0.0769. The highest BCUT2D eigenvalue weighted by Crippen LogP contribution is 2.13. The van der Waals surface area contributed by atoms with E-state index in [0.717, 1.165) is 14.8 Å². The quantitative estimate of drug-likeness (QED) is 0.875. The Morgan fingerprint density at radius 3 is 2.59 bits per heavy atom. The monoisotopic (exact) mass is 338 g/mol. The van der Waals surface area contributed by atoms with Gasteiger partial charge in [-0.2, -0.15) is 0 Å². The van der Waals surface area contributed by atoms with Crippen LogP contribution in [0.5, 0.6) is 0 Å². The van der Waals surface area contributed by atoms with E-state index in [1.165, 1.54) is 0 Å². The second-order valence-corrected chi connectivity index (χ2v) is 4.71. The molecule has 3 nitrogen and oxygen atoms in total. The number of nitrogens with one attached hydrogen (secondary N) is 1. The molecule has 1 heterocycles. The number of nitrogens with zero attached hydrogens (tertiary/aromatic N) is 1. The number of pyridine rings is 1. The third-order valence-corrected chi connectivity index (χ3v) is 3.33. The van der Waals surface area contributed by atoms with Gasteiger partial charge in [0.25, 0.3) is 0 Å². The molecule has 0 saturated heterocycles. The van der Waals surface area contributed by atoms with Crippen LogP contribution >= 0.6 is 22.6 Å². The van der Waals surface area contributed by atoms with Gasteiger partial charge in [-0.05, 0) is 46.4 Å². The number of hydrogen-bond acceptors (Lipinski definition) is 2. The first-order chi connectivity index (χ1) is 8.25. The van der Waals surface area contributed by atoms with Crippen LogP contribution in [0.3, 0.4) is 0 Å². The topological polar surface area (TPSA) is 42.0 Å². The zero-order chi connectivity index (χ0) is 12.1. The summed E-state index contributed by atoms with van der Waals surface area (Å²) in [7, 11) is 0. The summed E-state index contributed by atoms with van der Waals surface area (Å²) in [6.45, 7) is 0. The summed E-state index contributed by atoms with van der Waals surface area (Å²) in [5, 5.41) is 2.84. The van der Waals surface area contributed by atoms with Gasteiger partial charge in [-0.3, -0.25) is 9.78 Å². The van der Waals surface area contributed by atoms with Crippen LogP contribution in [0.15, 0.2) is 48.8 Å². The minimum Gasteiger partial charge on any atom is -0.326 e. The van der Waals surface area contributed by atoms with E-state index in [1.54, 1.807) is 24.5 Å².